The maximum atomic E-state index is 9.55. The van der Waals surface area contributed by atoms with E-state index < -0.39 is 11.9 Å². The van der Waals surface area contributed by atoms with Gasteiger partial charge in [-0.25, -0.2) is 9.59 Å². The summed E-state index contributed by atoms with van der Waals surface area (Å²) in [5.41, 5.74) is -0.306. The maximum absolute atomic E-state index is 9.55. The Morgan fingerprint density at radius 2 is 1.08 bits per heavy atom. The van der Waals surface area contributed by atoms with Crippen LogP contribution >= 0.6 is 0 Å². The predicted molar refractivity (Wildman–Crippen MR) is 92.0 cm³/mol. The third-order valence-corrected chi connectivity index (χ3v) is 3.71. The lowest BCUT2D eigenvalue weighted by Gasteiger charge is -2.25. The van der Waals surface area contributed by atoms with Crippen LogP contribution in [0.4, 0.5) is 0 Å². The molecule has 1 fully saturated rings. The molecule has 0 unspecified atom stereocenters. The second-order valence-electron chi connectivity index (χ2n) is 6.74. The molecule has 6 N–H and O–H groups in total. The topological polar surface area (TPSA) is 156 Å². The number of aliphatic hydroxyl groups excluding tert-OH is 4. The molecule has 0 aliphatic heterocycles. The van der Waals surface area contributed by atoms with Crippen LogP contribution in [0.15, 0.2) is 12.2 Å². The highest BCUT2D eigenvalue weighted by Gasteiger charge is 2.19. The summed E-state index contributed by atoms with van der Waals surface area (Å²) < 4.78 is 0. The zero-order chi connectivity index (χ0) is 19.9. The molecule has 0 atom stereocenters. The minimum absolute atomic E-state index is 0.0451. The Morgan fingerprint density at radius 3 is 1.20 bits per heavy atom. The van der Waals surface area contributed by atoms with Gasteiger partial charge in [-0.3, -0.25) is 0 Å². The van der Waals surface area contributed by atoms with Crippen molar-refractivity contribution in [3.63, 3.8) is 0 Å². The number of hydrogen-bond acceptors (Lipinski definition) is 6. The molecule has 8 nitrogen and oxygen atoms in total. The van der Waals surface area contributed by atoms with Crippen LogP contribution in [0.3, 0.4) is 0 Å². The third-order valence-electron chi connectivity index (χ3n) is 3.71. The number of carboxylic acids is 2. The molecule has 1 aliphatic rings. The molecule has 0 amide bonds. The zero-order valence-corrected chi connectivity index (χ0v) is 15.0. The first-order valence-corrected chi connectivity index (χ1v) is 8.19. The second kappa shape index (κ2) is 14.8. The van der Waals surface area contributed by atoms with Crippen molar-refractivity contribution >= 4 is 11.9 Å². The van der Waals surface area contributed by atoms with Gasteiger partial charge in [0.25, 0.3) is 0 Å². The van der Waals surface area contributed by atoms with Crippen molar-refractivity contribution in [2.45, 2.75) is 39.5 Å². The van der Waals surface area contributed by atoms with Crippen LogP contribution in [0.1, 0.15) is 39.5 Å². The van der Waals surface area contributed by atoms with Crippen molar-refractivity contribution < 1.29 is 40.2 Å². The zero-order valence-electron chi connectivity index (χ0n) is 15.0. The van der Waals surface area contributed by atoms with Crippen molar-refractivity contribution in [1.82, 2.24) is 0 Å². The van der Waals surface area contributed by atoms with Crippen molar-refractivity contribution in [2.75, 3.05) is 26.4 Å². The summed E-state index contributed by atoms with van der Waals surface area (Å²) in [6.07, 6.45) is 5.51. The molecule has 0 heterocycles. The quantitative estimate of drug-likeness (QED) is 0.372. The maximum Gasteiger partial charge on any atom is 0.328 e. The van der Waals surface area contributed by atoms with Crippen LogP contribution < -0.4 is 0 Å². The van der Waals surface area contributed by atoms with E-state index in [1.54, 1.807) is 13.8 Å². The van der Waals surface area contributed by atoms with E-state index in [1.165, 1.54) is 0 Å². The van der Waals surface area contributed by atoms with E-state index in [9.17, 15) is 9.59 Å². The fourth-order valence-corrected chi connectivity index (χ4v) is 1.79. The Balaban J connectivity index is 0. The Morgan fingerprint density at radius 1 is 0.800 bits per heavy atom. The highest BCUT2D eigenvalue weighted by atomic mass is 16.4. The van der Waals surface area contributed by atoms with E-state index in [-0.39, 0.29) is 18.6 Å². The molecule has 0 bridgehead atoms. The normalized spacial score (nSPS) is 20.1. The van der Waals surface area contributed by atoms with Gasteiger partial charge in [0.15, 0.2) is 0 Å². The highest BCUT2D eigenvalue weighted by molar-refractivity contribution is 5.89. The van der Waals surface area contributed by atoms with Crippen molar-refractivity contribution in [1.29, 1.82) is 0 Å². The van der Waals surface area contributed by atoms with E-state index in [0.717, 1.165) is 25.7 Å². The lowest BCUT2D eigenvalue weighted by Crippen LogP contribution is -2.20. The van der Waals surface area contributed by atoms with Crippen LogP contribution in [0.25, 0.3) is 0 Å². The summed E-state index contributed by atoms with van der Waals surface area (Å²) >= 11 is 0. The second-order valence-corrected chi connectivity index (χ2v) is 6.74. The summed E-state index contributed by atoms with van der Waals surface area (Å²) in [4.78, 5) is 19.1. The van der Waals surface area contributed by atoms with Gasteiger partial charge in [-0.2, -0.15) is 0 Å². The third kappa shape index (κ3) is 17.1. The van der Waals surface area contributed by atoms with Crippen LogP contribution in [-0.4, -0.2) is 69.0 Å². The Bertz CT molecular complexity index is 350. The molecule has 0 aromatic heterocycles. The monoisotopic (exact) mass is 364 g/mol. The van der Waals surface area contributed by atoms with Gasteiger partial charge in [0.05, 0.1) is 13.2 Å². The van der Waals surface area contributed by atoms with Gasteiger partial charge < -0.3 is 30.6 Å². The van der Waals surface area contributed by atoms with Gasteiger partial charge in [0, 0.05) is 30.8 Å². The predicted octanol–water partition coefficient (Wildman–Crippen LogP) is 0.486. The molecule has 1 saturated carbocycles. The molecule has 148 valence electrons. The lowest BCUT2D eigenvalue weighted by molar-refractivity contribution is -0.134. The van der Waals surface area contributed by atoms with Crippen LogP contribution in [0.5, 0.6) is 0 Å². The standard InChI is InChI=1S/C8H16O2.C5H12O2.C4H4O4/c9-5-7-1-2-8(6-10)4-3-7;1-5(2,3-6)4-7;5-3(6)1-2-4(7)8/h7-10H,1-6H2;6-7H,3-4H2,1-2H3;1-2H,(H,5,6)(H,7,8)/b;;2-1+. The first-order chi connectivity index (χ1) is 11.6. The summed E-state index contributed by atoms with van der Waals surface area (Å²) in [5, 5.41) is 50.1. The van der Waals surface area contributed by atoms with Gasteiger partial charge >= 0.3 is 11.9 Å². The molecule has 1 aliphatic carbocycles. The number of carbonyl (C=O) groups is 2. The first kappa shape index (κ1) is 25.8. The first-order valence-electron chi connectivity index (χ1n) is 8.19. The number of carboxylic acid groups (broad SMARTS) is 2. The number of aliphatic hydroxyl groups is 4. The molecule has 8 heteroatoms. The Kier molecular flexibility index (Phi) is 15.3. The van der Waals surface area contributed by atoms with Gasteiger partial charge in [0.2, 0.25) is 0 Å². The SMILES string of the molecule is CC(C)(CO)CO.O=C(O)/C=C/C(=O)O.OCC1CCC(CO)CC1. The van der Waals surface area contributed by atoms with Crippen molar-refractivity contribution in [3.8, 4) is 0 Å². The minimum Gasteiger partial charge on any atom is -0.478 e. The van der Waals surface area contributed by atoms with Crippen LogP contribution in [-0.2, 0) is 9.59 Å². The van der Waals surface area contributed by atoms with Gasteiger partial charge in [-0.1, -0.05) is 13.8 Å². The van der Waals surface area contributed by atoms with Gasteiger partial charge in [-0.15, -0.1) is 0 Å². The summed E-state index contributed by atoms with van der Waals surface area (Å²) in [6, 6.07) is 0. The largest absolute Gasteiger partial charge is 0.478 e. The summed E-state index contributed by atoms with van der Waals surface area (Å²) in [7, 11) is 0. The van der Waals surface area contributed by atoms with E-state index in [1.807, 2.05) is 0 Å². The molecule has 0 saturated heterocycles. The Labute approximate surface area is 148 Å². The van der Waals surface area contributed by atoms with E-state index in [0.29, 0.717) is 37.2 Å². The molecule has 0 aromatic carbocycles. The highest BCUT2D eigenvalue weighted by Crippen LogP contribution is 2.27. The minimum atomic E-state index is -1.26. The fourth-order valence-electron chi connectivity index (χ4n) is 1.79. The molecular formula is C17H32O8. The molecular weight excluding hydrogens is 332 g/mol. The number of rotatable bonds is 6. The molecule has 0 radical (unpaired) electrons. The van der Waals surface area contributed by atoms with Gasteiger partial charge in [-0.05, 0) is 37.5 Å². The molecule has 0 spiro atoms. The average molecular weight is 364 g/mol. The summed E-state index contributed by atoms with van der Waals surface area (Å²) in [5.74, 6) is -1.48. The Hall–Kier alpha value is -1.48. The fraction of sp³-hybridized carbons (Fsp3) is 0.765. The average Bonchev–Trinajstić information content (AvgIpc) is 2.61. The lowest BCUT2D eigenvalue weighted by atomic mass is 9.83. The van der Waals surface area contributed by atoms with E-state index >= 15 is 0 Å². The smallest absolute Gasteiger partial charge is 0.328 e. The molecule has 1 rings (SSSR count). The van der Waals surface area contributed by atoms with Crippen LogP contribution in [0, 0.1) is 17.3 Å². The number of hydrogen-bond donors (Lipinski definition) is 6. The summed E-state index contributed by atoms with van der Waals surface area (Å²) in [6.45, 7) is 4.35. The van der Waals surface area contributed by atoms with E-state index in [2.05, 4.69) is 0 Å². The van der Waals surface area contributed by atoms with Gasteiger partial charge in [0.1, 0.15) is 0 Å². The van der Waals surface area contributed by atoms with Crippen LogP contribution in [0.2, 0.25) is 0 Å². The number of aliphatic carboxylic acids is 2. The molecule has 0 aromatic rings. The van der Waals surface area contributed by atoms with E-state index in [4.69, 9.17) is 30.6 Å². The van der Waals surface area contributed by atoms with Crippen molar-refractivity contribution in [3.05, 3.63) is 12.2 Å². The van der Waals surface area contributed by atoms with Crippen molar-refractivity contribution in [2.24, 2.45) is 17.3 Å². The molecule has 25 heavy (non-hydrogen) atoms.